The number of carboxylic acid groups (broad SMARTS) is 1. The zero-order chi connectivity index (χ0) is 18.2. The van der Waals surface area contributed by atoms with E-state index < -0.39 is 12.0 Å². The highest BCUT2D eigenvalue weighted by atomic mass is 16.4. The van der Waals surface area contributed by atoms with E-state index >= 15 is 0 Å². The Kier molecular flexibility index (Phi) is 4.53. The van der Waals surface area contributed by atoms with Gasteiger partial charge in [-0.25, -0.2) is 9.78 Å². The Morgan fingerprint density at radius 1 is 1.32 bits per heavy atom. The number of H-pyrrole nitrogens is 1. The Bertz CT molecular complexity index is 691. The van der Waals surface area contributed by atoms with Crippen molar-refractivity contribution in [2.45, 2.75) is 45.6 Å². The number of nitrogens with one attached hydrogen (secondary N) is 1. The Morgan fingerprint density at radius 2 is 2.00 bits per heavy atom. The van der Waals surface area contributed by atoms with E-state index in [4.69, 9.17) is 0 Å². The first-order valence-electron chi connectivity index (χ1n) is 8.64. The molecule has 3 heterocycles. The standard InChI is InChI=1S/C17H24N4O4/c1-11-14(19-10-18-11)15(23)20-7-5-17(6-8-20)4-3-13(22)21(9-17)12(2)16(24)25/h10,12H,3-9H2,1-2H3,(H,18,19)(H,24,25)/t12-/m0/s1. The van der Waals surface area contributed by atoms with Gasteiger partial charge in [0.1, 0.15) is 11.7 Å². The maximum Gasteiger partial charge on any atom is 0.326 e. The molecule has 0 unspecified atom stereocenters. The Balaban J connectivity index is 1.66. The number of amides is 2. The number of aromatic nitrogens is 2. The second-order valence-corrected chi connectivity index (χ2v) is 7.20. The number of carboxylic acids is 1. The fourth-order valence-electron chi connectivity index (χ4n) is 3.85. The molecule has 1 aromatic heterocycles. The minimum absolute atomic E-state index is 0.0729. The number of nitrogens with zero attached hydrogens (tertiary/aromatic N) is 3. The van der Waals surface area contributed by atoms with E-state index in [1.165, 1.54) is 11.2 Å². The average Bonchev–Trinajstić information content (AvgIpc) is 3.02. The Labute approximate surface area is 146 Å². The van der Waals surface area contributed by atoms with Gasteiger partial charge in [0.25, 0.3) is 5.91 Å². The lowest BCUT2D eigenvalue weighted by atomic mass is 9.72. The van der Waals surface area contributed by atoms with Gasteiger partial charge in [-0.3, -0.25) is 9.59 Å². The molecular weight excluding hydrogens is 324 g/mol. The van der Waals surface area contributed by atoms with Crippen molar-refractivity contribution < 1.29 is 19.5 Å². The van der Waals surface area contributed by atoms with Crippen molar-refractivity contribution in [1.29, 1.82) is 0 Å². The highest BCUT2D eigenvalue weighted by Crippen LogP contribution is 2.41. The van der Waals surface area contributed by atoms with Gasteiger partial charge in [0.15, 0.2) is 0 Å². The van der Waals surface area contributed by atoms with Gasteiger partial charge in [-0.05, 0) is 38.5 Å². The minimum atomic E-state index is -0.980. The molecule has 0 aromatic carbocycles. The molecule has 8 heteroatoms. The van der Waals surface area contributed by atoms with Gasteiger partial charge in [0.2, 0.25) is 5.91 Å². The summed E-state index contributed by atoms with van der Waals surface area (Å²) in [4.78, 5) is 46.3. The Morgan fingerprint density at radius 3 is 2.56 bits per heavy atom. The molecule has 0 aliphatic carbocycles. The maximum atomic E-state index is 12.6. The summed E-state index contributed by atoms with van der Waals surface area (Å²) in [5, 5.41) is 9.23. The number of rotatable bonds is 3. The highest BCUT2D eigenvalue weighted by Gasteiger charge is 2.44. The first-order valence-corrected chi connectivity index (χ1v) is 8.64. The molecule has 8 nitrogen and oxygen atoms in total. The van der Waals surface area contributed by atoms with Crippen molar-refractivity contribution >= 4 is 17.8 Å². The molecule has 1 atom stereocenters. The van der Waals surface area contributed by atoms with Crippen LogP contribution in [-0.2, 0) is 9.59 Å². The number of carbonyl (C=O) groups is 3. The number of aliphatic carboxylic acids is 1. The average molecular weight is 348 g/mol. The van der Waals surface area contributed by atoms with Crippen molar-refractivity contribution in [3.63, 3.8) is 0 Å². The molecule has 2 N–H and O–H groups in total. The van der Waals surface area contributed by atoms with Gasteiger partial charge < -0.3 is 19.9 Å². The maximum absolute atomic E-state index is 12.6. The van der Waals surface area contributed by atoms with Crippen LogP contribution in [0.2, 0.25) is 0 Å². The predicted molar refractivity (Wildman–Crippen MR) is 88.9 cm³/mol. The smallest absolute Gasteiger partial charge is 0.326 e. The number of imidazole rings is 1. The molecule has 1 spiro atoms. The largest absolute Gasteiger partial charge is 0.480 e. The van der Waals surface area contributed by atoms with Crippen LogP contribution in [0.1, 0.15) is 48.8 Å². The van der Waals surface area contributed by atoms with Crippen LogP contribution >= 0.6 is 0 Å². The van der Waals surface area contributed by atoms with Crippen LogP contribution in [-0.4, -0.2) is 68.3 Å². The van der Waals surface area contributed by atoms with Gasteiger partial charge in [-0.1, -0.05) is 0 Å². The van der Waals surface area contributed by atoms with Gasteiger partial charge >= 0.3 is 5.97 Å². The van der Waals surface area contributed by atoms with E-state index in [2.05, 4.69) is 9.97 Å². The molecule has 0 radical (unpaired) electrons. The van der Waals surface area contributed by atoms with Crippen molar-refractivity contribution in [1.82, 2.24) is 19.8 Å². The summed E-state index contributed by atoms with van der Waals surface area (Å²) in [5.41, 5.74) is 1.13. The van der Waals surface area contributed by atoms with Gasteiger partial charge in [0, 0.05) is 31.7 Å². The zero-order valence-electron chi connectivity index (χ0n) is 14.6. The number of hydrogen-bond acceptors (Lipinski definition) is 4. The summed E-state index contributed by atoms with van der Waals surface area (Å²) >= 11 is 0. The molecule has 2 amide bonds. The molecule has 2 fully saturated rings. The number of carbonyl (C=O) groups excluding carboxylic acids is 2. The third-order valence-electron chi connectivity index (χ3n) is 5.66. The van der Waals surface area contributed by atoms with Gasteiger partial charge in [-0.15, -0.1) is 0 Å². The third-order valence-corrected chi connectivity index (χ3v) is 5.66. The number of aromatic amines is 1. The van der Waals surface area contributed by atoms with E-state index in [1.54, 1.807) is 11.8 Å². The number of aryl methyl sites for hydroxylation is 1. The lowest BCUT2D eigenvalue weighted by molar-refractivity contribution is -0.154. The Hall–Kier alpha value is -2.38. The SMILES string of the molecule is Cc1[nH]cnc1C(=O)N1CCC2(CCC(=O)N([C@@H](C)C(=O)O)C2)CC1. The monoisotopic (exact) mass is 348 g/mol. The fourth-order valence-corrected chi connectivity index (χ4v) is 3.85. The summed E-state index contributed by atoms with van der Waals surface area (Å²) in [6.07, 6.45) is 4.21. The van der Waals surface area contributed by atoms with E-state index in [0.717, 1.165) is 25.0 Å². The molecule has 25 heavy (non-hydrogen) atoms. The van der Waals surface area contributed by atoms with Crippen molar-refractivity contribution in [3.05, 3.63) is 17.7 Å². The quantitative estimate of drug-likeness (QED) is 0.849. The molecule has 2 aliphatic rings. The van der Waals surface area contributed by atoms with Crippen molar-refractivity contribution in [2.75, 3.05) is 19.6 Å². The van der Waals surface area contributed by atoms with Crippen LogP contribution in [0.4, 0.5) is 0 Å². The lowest BCUT2D eigenvalue weighted by Crippen LogP contribution is -2.55. The van der Waals surface area contributed by atoms with Crippen LogP contribution in [0, 0.1) is 12.3 Å². The van der Waals surface area contributed by atoms with Crippen LogP contribution < -0.4 is 0 Å². The molecule has 136 valence electrons. The molecule has 3 rings (SSSR count). The number of piperidine rings is 2. The molecule has 2 saturated heterocycles. The van der Waals surface area contributed by atoms with Gasteiger partial charge in [-0.2, -0.15) is 0 Å². The van der Waals surface area contributed by atoms with Gasteiger partial charge in [0.05, 0.1) is 6.33 Å². The zero-order valence-corrected chi connectivity index (χ0v) is 14.6. The lowest BCUT2D eigenvalue weighted by Gasteiger charge is -2.48. The van der Waals surface area contributed by atoms with Crippen LogP contribution in [0.3, 0.4) is 0 Å². The van der Waals surface area contributed by atoms with Crippen LogP contribution in [0.5, 0.6) is 0 Å². The fraction of sp³-hybridized carbons (Fsp3) is 0.647. The summed E-state index contributed by atoms with van der Waals surface area (Å²) in [7, 11) is 0. The highest BCUT2D eigenvalue weighted by molar-refractivity contribution is 5.93. The summed E-state index contributed by atoms with van der Waals surface area (Å²) < 4.78 is 0. The summed E-state index contributed by atoms with van der Waals surface area (Å²) in [6.45, 7) is 5.05. The van der Waals surface area contributed by atoms with Crippen LogP contribution in [0.25, 0.3) is 0 Å². The minimum Gasteiger partial charge on any atom is -0.480 e. The van der Waals surface area contributed by atoms with Crippen LogP contribution in [0.15, 0.2) is 6.33 Å². The summed E-state index contributed by atoms with van der Waals surface area (Å²) in [6, 6.07) is -0.809. The second-order valence-electron chi connectivity index (χ2n) is 7.20. The molecule has 2 aliphatic heterocycles. The first-order chi connectivity index (χ1) is 11.8. The van der Waals surface area contributed by atoms with Crippen molar-refractivity contribution in [2.24, 2.45) is 5.41 Å². The predicted octanol–water partition coefficient (Wildman–Crippen LogP) is 1.04. The summed E-state index contributed by atoms with van der Waals surface area (Å²) in [5.74, 6) is -1.14. The van der Waals surface area contributed by atoms with Crippen molar-refractivity contribution in [3.8, 4) is 0 Å². The molecule has 1 aromatic rings. The molecule has 0 saturated carbocycles. The normalized spacial score (nSPS) is 21.4. The number of likely N-dealkylation sites (tertiary alicyclic amines) is 2. The third kappa shape index (κ3) is 3.25. The first kappa shape index (κ1) is 17.4. The van der Waals surface area contributed by atoms with E-state index in [1.807, 2.05) is 6.92 Å². The topological polar surface area (TPSA) is 107 Å². The van der Waals surface area contributed by atoms with E-state index in [-0.39, 0.29) is 17.2 Å². The molecular formula is C17H24N4O4. The molecule has 0 bridgehead atoms. The van der Waals surface area contributed by atoms with E-state index in [0.29, 0.717) is 31.7 Å². The number of hydrogen-bond donors (Lipinski definition) is 2. The second kappa shape index (κ2) is 6.50. The van der Waals surface area contributed by atoms with E-state index in [9.17, 15) is 19.5 Å².